The fourth-order valence-electron chi connectivity index (χ4n) is 2.08. The molecule has 0 aromatic carbocycles. The maximum absolute atomic E-state index is 12.1. The van der Waals surface area contributed by atoms with Gasteiger partial charge in [0.15, 0.2) is 5.13 Å². The number of thiazole rings is 1. The number of nitrogens with two attached hydrogens (primary N) is 1. The van der Waals surface area contributed by atoms with Crippen molar-refractivity contribution >= 4 is 22.2 Å². The van der Waals surface area contributed by atoms with Crippen LogP contribution < -0.4 is 16.2 Å². The van der Waals surface area contributed by atoms with Crippen LogP contribution in [0.3, 0.4) is 0 Å². The molecule has 0 amide bonds. The van der Waals surface area contributed by atoms with E-state index in [1.807, 2.05) is 0 Å². The van der Waals surface area contributed by atoms with E-state index in [-0.39, 0.29) is 5.56 Å². The van der Waals surface area contributed by atoms with Crippen LogP contribution in [0.15, 0.2) is 23.3 Å². The van der Waals surface area contributed by atoms with Crippen molar-refractivity contribution in [1.82, 2.24) is 14.8 Å². The van der Waals surface area contributed by atoms with Crippen LogP contribution in [-0.4, -0.2) is 41.1 Å². The second kappa shape index (κ2) is 5.59. The van der Waals surface area contributed by atoms with Crippen molar-refractivity contribution in [3.8, 4) is 0 Å². The molecule has 3 rings (SSSR count). The highest BCUT2D eigenvalue weighted by atomic mass is 32.1. The number of hydrogen-bond acceptors (Lipinski definition) is 7. The summed E-state index contributed by atoms with van der Waals surface area (Å²) < 4.78 is 6.71. The Kier molecular flexibility index (Phi) is 3.66. The predicted octanol–water partition coefficient (Wildman–Crippen LogP) is 0.167. The molecule has 2 aromatic heterocycles. The number of nitrogens with zero attached hydrogens (tertiary/aromatic N) is 4. The summed E-state index contributed by atoms with van der Waals surface area (Å²) in [7, 11) is 0. The second-order valence-corrected chi connectivity index (χ2v) is 5.62. The third kappa shape index (κ3) is 2.81. The van der Waals surface area contributed by atoms with Crippen molar-refractivity contribution in [2.75, 3.05) is 36.9 Å². The Morgan fingerprint density at radius 3 is 2.80 bits per heavy atom. The Morgan fingerprint density at radius 2 is 2.15 bits per heavy atom. The largest absolute Gasteiger partial charge is 0.378 e. The van der Waals surface area contributed by atoms with E-state index in [1.165, 1.54) is 16.0 Å². The summed E-state index contributed by atoms with van der Waals surface area (Å²) >= 11 is 1.36. The summed E-state index contributed by atoms with van der Waals surface area (Å²) in [6.45, 7) is 3.34. The van der Waals surface area contributed by atoms with Crippen molar-refractivity contribution in [1.29, 1.82) is 0 Å². The van der Waals surface area contributed by atoms with E-state index in [4.69, 9.17) is 10.5 Å². The second-order valence-electron chi connectivity index (χ2n) is 4.47. The van der Waals surface area contributed by atoms with Crippen molar-refractivity contribution < 1.29 is 4.74 Å². The molecule has 20 heavy (non-hydrogen) atoms. The number of anilines is 2. The number of rotatable bonds is 3. The molecule has 0 radical (unpaired) electrons. The highest BCUT2D eigenvalue weighted by Crippen LogP contribution is 2.15. The van der Waals surface area contributed by atoms with Gasteiger partial charge in [0.1, 0.15) is 0 Å². The van der Waals surface area contributed by atoms with Gasteiger partial charge in [0.25, 0.3) is 5.56 Å². The third-order valence-electron chi connectivity index (χ3n) is 3.11. The monoisotopic (exact) mass is 293 g/mol. The van der Waals surface area contributed by atoms with Gasteiger partial charge in [-0.15, -0.1) is 11.3 Å². The maximum Gasteiger partial charge on any atom is 0.269 e. The van der Waals surface area contributed by atoms with Gasteiger partial charge in [0, 0.05) is 30.2 Å². The molecule has 0 bridgehead atoms. The first-order chi connectivity index (χ1) is 9.72. The van der Waals surface area contributed by atoms with Crippen molar-refractivity contribution in [3.63, 3.8) is 0 Å². The summed E-state index contributed by atoms with van der Waals surface area (Å²) in [5.74, 6) is 0. The third-order valence-corrected chi connectivity index (χ3v) is 3.92. The molecule has 2 aromatic rings. The Hall–Kier alpha value is -1.93. The van der Waals surface area contributed by atoms with Crippen molar-refractivity contribution in [3.05, 3.63) is 33.7 Å². The molecule has 0 unspecified atom stereocenters. The Balaban J connectivity index is 1.78. The van der Waals surface area contributed by atoms with E-state index >= 15 is 0 Å². The lowest BCUT2D eigenvalue weighted by Crippen LogP contribution is -2.37. The van der Waals surface area contributed by atoms with E-state index in [9.17, 15) is 4.79 Å². The van der Waals surface area contributed by atoms with Gasteiger partial charge < -0.3 is 15.4 Å². The smallest absolute Gasteiger partial charge is 0.269 e. The molecule has 1 aliphatic heterocycles. The summed E-state index contributed by atoms with van der Waals surface area (Å²) in [4.78, 5) is 19.1. The molecule has 1 fully saturated rings. The van der Waals surface area contributed by atoms with Crippen LogP contribution in [-0.2, 0) is 11.3 Å². The van der Waals surface area contributed by atoms with Crippen LogP contribution in [0.25, 0.3) is 0 Å². The summed E-state index contributed by atoms with van der Waals surface area (Å²) in [5.41, 5.74) is 6.29. The standard InChI is InChI=1S/C12H15N5O2S/c13-12-14-7-10(20-12)8-17-11(18)5-9(6-15-17)16-1-3-19-4-2-16/h5-7H,1-4,8H2,(H2,13,14). The minimum Gasteiger partial charge on any atom is -0.378 e. The van der Waals surface area contributed by atoms with E-state index in [2.05, 4.69) is 15.0 Å². The molecule has 8 heteroatoms. The number of morpholine rings is 1. The topological polar surface area (TPSA) is 86.3 Å². The van der Waals surface area contributed by atoms with E-state index in [0.29, 0.717) is 24.9 Å². The van der Waals surface area contributed by atoms with Gasteiger partial charge in [-0.3, -0.25) is 4.79 Å². The number of ether oxygens (including phenoxy) is 1. The lowest BCUT2D eigenvalue weighted by atomic mass is 10.3. The molecule has 2 N–H and O–H groups in total. The minimum absolute atomic E-state index is 0.124. The number of hydrogen-bond donors (Lipinski definition) is 1. The minimum atomic E-state index is -0.124. The van der Waals surface area contributed by atoms with Crippen LogP contribution in [0.1, 0.15) is 4.88 Å². The molecule has 3 heterocycles. The zero-order chi connectivity index (χ0) is 13.9. The molecule has 0 spiro atoms. The van der Waals surface area contributed by atoms with Crippen LogP contribution >= 0.6 is 11.3 Å². The summed E-state index contributed by atoms with van der Waals surface area (Å²) in [6.07, 6.45) is 3.39. The van der Waals surface area contributed by atoms with Crippen LogP contribution in [0, 0.1) is 0 Å². The average Bonchev–Trinajstić information content (AvgIpc) is 2.87. The average molecular weight is 293 g/mol. The molecular weight excluding hydrogens is 278 g/mol. The summed E-state index contributed by atoms with van der Waals surface area (Å²) in [6, 6.07) is 1.61. The molecule has 1 aliphatic rings. The van der Waals surface area contributed by atoms with E-state index < -0.39 is 0 Å². The quantitative estimate of drug-likeness (QED) is 0.868. The SMILES string of the molecule is Nc1ncc(Cn2ncc(N3CCOCC3)cc2=O)s1. The van der Waals surface area contributed by atoms with Crippen LogP contribution in [0.2, 0.25) is 0 Å². The van der Waals surface area contributed by atoms with Crippen LogP contribution in [0.5, 0.6) is 0 Å². The first-order valence-electron chi connectivity index (χ1n) is 6.32. The summed E-state index contributed by atoms with van der Waals surface area (Å²) in [5, 5.41) is 4.72. The molecule has 0 atom stereocenters. The van der Waals surface area contributed by atoms with Crippen molar-refractivity contribution in [2.45, 2.75) is 6.54 Å². The van der Waals surface area contributed by atoms with Crippen LogP contribution in [0.4, 0.5) is 10.8 Å². The molecule has 1 saturated heterocycles. The molecule has 106 valence electrons. The first-order valence-corrected chi connectivity index (χ1v) is 7.14. The normalized spacial score (nSPS) is 15.5. The fraction of sp³-hybridized carbons (Fsp3) is 0.417. The van der Waals surface area contributed by atoms with Gasteiger partial charge in [-0.2, -0.15) is 5.10 Å². The van der Waals surface area contributed by atoms with Gasteiger partial charge >= 0.3 is 0 Å². The zero-order valence-electron chi connectivity index (χ0n) is 10.9. The number of nitrogen functional groups attached to an aromatic ring is 1. The van der Waals surface area contributed by atoms with Crippen molar-refractivity contribution in [2.24, 2.45) is 0 Å². The van der Waals surface area contributed by atoms with E-state index in [1.54, 1.807) is 18.5 Å². The molecule has 0 saturated carbocycles. The molecule has 0 aliphatic carbocycles. The van der Waals surface area contributed by atoms with Gasteiger partial charge in [-0.05, 0) is 0 Å². The Morgan fingerprint density at radius 1 is 1.35 bits per heavy atom. The van der Waals surface area contributed by atoms with Gasteiger partial charge in [0.2, 0.25) is 0 Å². The highest BCUT2D eigenvalue weighted by Gasteiger charge is 2.13. The van der Waals surface area contributed by atoms with Gasteiger partial charge in [-0.25, -0.2) is 9.67 Å². The molecular formula is C12H15N5O2S. The number of aromatic nitrogens is 3. The lowest BCUT2D eigenvalue weighted by molar-refractivity contribution is 0.122. The van der Waals surface area contributed by atoms with E-state index in [0.717, 1.165) is 23.7 Å². The first kappa shape index (κ1) is 13.1. The maximum atomic E-state index is 12.1. The zero-order valence-corrected chi connectivity index (χ0v) is 11.7. The molecule has 7 nitrogen and oxygen atoms in total. The lowest BCUT2D eigenvalue weighted by Gasteiger charge is -2.28. The van der Waals surface area contributed by atoms with Gasteiger partial charge in [-0.1, -0.05) is 0 Å². The Bertz CT molecular complexity index is 647. The predicted molar refractivity (Wildman–Crippen MR) is 77.2 cm³/mol. The fourth-order valence-corrected chi connectivity index (χ4v) is 2.75. The Labute approximate surface area is 119 Å². The van der Waals surface area contributed by atoms with Gasteiger partial charge in [0.05, 0.1) is 31.6 Å². The highest BCUT2D eigenvalue weighted by molar-refractivity contribution is 7.15.